The molecule has 0 fully saturated rings. The van der Waals surface area contributed by atoms with Gasteiger partial charge in [-0.2, -0.15) is 0 Å². The maximum Gasteiger partial charge on any atom is 0.0732 e. The molecule has 0 heterocycles. The van der Waals surface area contributed by atoms with Crippen molar-refractivity contribution in [1.82, 2.24) is 0 Å². The average molecular weight is 250 g/mol. The molecule has 1 nitrogen and oxygen atoms in total. The van der Waals surface area contributed by atoms with E-state index in [0.717, 1.165) is 5.56 Å². The number of alkyl halides is 2. The summed E-state index contributed by atoms with van der Waals surface area (Å²) in [5.41, 5.74) is 1.02. The molecule has 2 atom stereocenters. The summed E-state index contributed by atoms with van der Waals surface area (Å²) in [4.78, 5) is -0.0819. The average Bonchev–Trinajstić information content (AvgIpc) is 2.17. The van der Waals surface area contributed by atoms with Gasteiger partial charge < -0.3 is 5.11 Å². The van der Waals surface area contributed by atoms with E-state index in [1.807, 2.05) is 30.3 Å². The Morgan fingerprint density at radius 1 is 1.33 bits per heavy atom. The lowest BCUT2D eigenvalue weighted by Crippen LogP contribution is -2.11. The third-order valence-corrected chi connectivity index (χ3v) is 3.29. The molecular weight excluding hydrogens is 239 g/mol. The number of rotatable bonds is 3. The summed E-state index contributed by atoms with van der Waals surface area (Å²) in [5.74, 6) is 0. The van der Waals surface area contributed by atoms with Crippen LogP contribution in [0.15, 0.2) is 30.3 Å². The Morgan fingerprint density at radius 3 is 2.42 bits per heavy atom. The van der Waals surface area contributed by atoms with Gasteiger partial charge in [0.15, 0.2) is 0 Å². The van der Waals surface area contributed by atoms with Crippen LogP contribution >= 0.6 is 27.5 Å². The maximum atomic E-state index is 8.84. The van der Waals surface area contributed by atoms with Gasteiger partial charge in [-0.15, -0.1) is 11.6 Å². The zero-order valence-corrected chi connectivity index (χ0v) is 8.79. The van der Waals surface area contributed by atoms with E-state index >= 15 is 0 Å². The van der Waals surface area contributed by atoms with Crippen LogP contribution in [0.2, 0.25) is 0 Å². The highest BCUT2D eigenvalue weighted by Gasteiger charge is 2.16. The SMILES string of the molecule is OC[C@H](Br)[C@H](Cl)c1ccccc1. The first-order valence-corrected chi connectivity index (χ1v) is 5.05. The van der Waals surface area contributed by atoms with Gasteiger partial charge in [0.2, 0.25) is 0 Å². The van der Waals surface area contributed by atoms with E-state index in [0.29, 0.717) is 0 Å². The molecule has 12 heavy (non-hydrogen) atoms. The lowest BCUT2D eigenvalue weighted by atomic mass is 10.1. The van der Waals surface area contributed by atoms with Gasteiger partial charge in [0.25, 0.3) is 0 Å². The number of hydrogen-bond acceptors (Lipinski definition) is 1. The molecule has 66 valence electrons. The Morgan fingerprint density at radius 2 is 1.92 bits per heavy atom. The van der Waals surface area contributed by atoms with E-state index in [1.54, 1.807) is 0 Å². The van der Waals surface area contributed by atoms with Gasteiger partial charge in [-0.05, 0) is 5.56 Å². The number of aliphatic hydroxyl groups excluding tert-OH is 1. The molecule has 0 unspecified atom stereocenters. The first kappa shape index (κ1) is 10.0. The number of benzene rings is 1. The van der Waals surface area contributed by atoms with Crippen LogP contribution in [0.25, 0.3) is 0 Å². The molecule has 1 aromatic rings. The molecule has 0 spiro atoms. The molecule has 0 saturated heterocycles. The first-order valence-electron chi connectivity index (χ1n) is 3.69. The predicted octanol–water partition coefficient (Wildman–Crippen LogP) is 2.72. The molecule has 0 aliphatic heterocycles. The summed E-state index contributed by atoms with van der Waals surface area (Å²) < 4.78 is 0. The summed E-state index contributed by atoms with van der Waals surface area (Å²) >= 11 is 9.35. The minimum atomic E-state index is -0.170. The lowest BCUT2D eigenvalue weighted by Gasteiger charge is -2.13. The third kappa shape index (κ3) is 2.47. The number of halogens is 2. The minimum Gasteiger partial charge on any atom is -0.395 e. The van der Waals surface area contributed by atoms with Crippen molar-refractivity contribution in [2.24, 2.45) is 0 Å². The summed E-state index contributed by atoms with van der Waals surface area (Å²) in [6.07, 6.45) is 0. The standard InChI is InChI=1S/C9H10BrClO/c10-8(6-12)9(11)7-4-2-1-3-5-7/h1-5,8-9,12H,6H2/t8-,9+/m0/s1. The normalized spacial score (nSPS) is 15.6. The van der Waals surface area contributed by atoms with Crippen LogP contribution in [0.5, 0.6) is 0 Å². The van der Waals surface area contributed by atoms with Gasteiger partial charge in [0.05, 0.1) is 16.8 Å². The van der Waals surface area contributed by atoms with Crippen molar-refractivity contribution in [3.8, 4) is 0 Å². The Bertz CT molecular complexity index is 227. The smallest absolute Gasteiger partial charge is 0.0732 e. The topological polar surface area (TPSA) is 20.2 Å². The Labute approximate surface area is 85.5 Å². The summed E-state index contributed by atoms with van der Waals surface area (Å²) in [7, 11) is 0. The second kappa shape index (κ2) is 4.85. The van der Waals surface area contributed by atoms with Crippen molar-refractivity contribution < 1.29 is 5.11 Å². The number of hydrogen-bond donors (Lipinski definition) is 1. The van der Waals surface area contributed by atoms with Crippen molar-refractivity contribution in [2.75, 3.05) is 6.61 Å². The zero-order valence-electron chi connectivity index (χ0n) is 6.45. The maximum absolute atomic E-state index is 8.84. The fourth-order valence-electron chi connectivity index (χ4n) is 0.938. The van der Waals surface area contributed by atoms with E-state index in [1.165, 1.54) is 0 Å². The van der Waals surface area contributed by atoms with Crippen LogP contribution in [-0.4, -0.2) is 16.5 Å². The molecule has 0 saturated carbocycles. The molecule has 0 radical (unpaired) electrons. The van der Waals surface area contributed by atoms with Crippen LogP contribution in [0.3, 0.4) is 0 Å². The number of aliphatic hydroxyl groups is 1. The summed E-state index contributed by atoms with van der Waals surface area (Å²) in [6, 6.07) is 9.70. The van der Waals surface area contributed by atoms with Crippen LogP contribution in [0.4, 0.5) is 0 Å². The van der Waals surface area contributed by atoms with Crippen molar-refractivity contribution >= 4 is 27.5 Å². The molecule has 0 amide bonds. The van der Waals surface area contributed by atoms with E-state index in [2.05, 4.69) is 15.9 Å². The van der Waals surface area contributed by atoms with Crippen LogP contribution in [-0.2, 0) is 0 Å². The van der Waals surface area contributed by atoms with E-state index < -0.39 is 0 Å². The molecule has 3 heteroatoms. The molecular formula is C9H10BrClO. The van der Waals surface area contributed by atoms with E-state index in [4.69, 9.17) is 16.7 Å². The second-order valence-corrected chi connectivity index (χ2v) is 4.16. The van der Waals surface area contributed by atoms with Gasteiger partial charge in [0.1, 0.15) is 0 Å². The van der Waals surface area contributed by atoms with E-state index in [-0.39, 0.29) is 16.8 Å². The molecule has 0 aliphatic carbocycles. The van der Waals surface area contributed by atoms with Crippen molar-refractivity contribution in [3.05, 3.63) is 35.9 Å². The molecule has 0 bridgehead atoms. The van der Waals surface area contributed by atoms with Gasteiger partial charge in [-0.25, -0.2) is 0 Å². The minimum absolute atomic E-state index is 0.0447. The highest BCUT2D eigenvalue weighted by Crippen LogP contribution is 2.28. The van der Waals surface area contributed by atoms with E-state index in [9.17, 15) is 0 Å². The molecule has 1 rings (SSSR count). The predicted molar refractivity (Wildman–Crippen MR) is 54.8 cm³/mol. The van der Waals surface area contributed by atoms with Crippen LogP contribution in [0, 0.1) is 0 Å². The first-order chi connectivity index (χ1) is 5.75. The summed E-state index contributed by atoms with van der Waals surface area (Å²) in [5, 5.41) is 8.67. The molecule has 1 N–H and O–H groups in total. The van der Waals surface area contributed by atoms with Gasteiger partial charge in [-0.3, -0.25) is 0 Å². The van der Waals surface area contributed by atoms with Crippen LogP contribution < -0.4 is 0 Å². The highest BCUT2D eigenvalue weighted by molar-refractivity contribution is 9.09. The van der Waals surface area contributed by atoms with Crippen molar-refractivity contribution in [3.63, 3.8) is 0 Å². The second-order valence-electron chi connectivity index (χ2n) is 2.51. The van der Waals surface area contributed by atoms with Gasteiger partial charge >= 0.3 is 0 Å². The van der Waals surface area contributed by atoms with Gasteiger partial charge in [-0.1, -0.05) is 46.3 Å². The fourth-order valence-corrected chi connectivity index (χ4v) is 1.47. The molecule has 0 aromatic heterocycles. The zero-order chi connectivity index (χ0) is 8.97. The third-order valence-electron chi connectivity index (χ3n) is 1.61. The molecule has 0 aliphatic rings. The highest BCUT2D eigenvalue weighted by atomic mass is 79.9. The Hall–Kier alpha value is -0.0500. The largest absolute Gasteiger partial charge is 0.395 e. The summed E-state index contributed by atoms with van der Waals surface area (Å²) in [6.45, 7) is 0.0447. The quantitative estimate of drug-likeness (QED) is 0.817. The van der Waals surface area contributed by atoms with Crippen molar-refractivity contribution in [1.29, 1.82) is 0 Å². The van der Waals surface area contributed by atoms with Crippen LogP contribution in [0.1, 0.15) is 10.9 Å². The Kier molecular flexibility index (Phi) is 4.06. The monoisotopic (exact) mass is 248 g/mol. The fraction of sp³-hybridized carbons (Fsp3) is 0.333. The van der Waals surface area contributed by atoms with Gasteiger partial charge in [0, 0.05) is 0 Å². The lowest BCUT2D eigenvalue weighted by molar-refractivity contribution is 0.294. The molecule has 1 aromatic carbocycles. The van der Waals surface area contributed by atoms with Crippen molar-refractivity contribution in [2.45, 2.75) is 10.2 Å². The Balaban J connectivity index is 2.71.